The summed E-state index contributed by atoms with van der Waals surface area (Å²) in [5.74, 6) is 1.07. The van der Waals surface area contributed by atoms with E-state index in [0.717, 1.165) is 11.3 Å². The van der Waals surface area contributed by atoms with Gasteiger partial charge in [-0.2, -0.15) is 0 Å². The summed E-state index contributed by atoms with van der Waals surface area (Å²) in [6.07, 6.45) is 3.18. The molecule has 27 heavy (non-hydrogen) atoms. The van der Waals surface area contributed by atoms with Crippen molar-refractivity contribution in [3.8, 4) is 11.5 Å². The molecule has 142 valence electrons. The maximum atomic E-state index is 12.0. The number of ether oxygens (including phenoxy) is 2. The second-order valence-corrected chi connectivity index (χ2v) is 5.61. The molecule has 0 atom stereocenters. The molecule has 0 saturated carbocycles. The molecule has 2 amide bonds. The third-order valence-electron chi connectivity index (χ3n) is 3.68. The first-order valence-electron chi connectivity index (χ1n) is 8.73. The minimum atomic E-state index is -0.220. The number of hydrogen-bond donors (Lipinski definition) is 2. The smallest absolute Gasteiger partial charge is 0.251 e. The summed E-state index contributed by atoms with van der Waals surface area (Å²) in [6.45, 7) is 3.23. The van der Waals surface area contributed by atoms with Gasteiger partial charge in [0.1, 0.15) is 11.5 Å². The Morgan fingerprint density at radius 3 is 2.19 bits per heavy atom. The summed E-state index contributed by atoms with van der Waals surface area (Å²) in [7, 11) is 1.57. The first-order chi connectivity index (χ1) is 13.1. The number of benzene rings is 2. The molecule has 0 bridgehead atoms. The Morgan fingerprint density at radius 2 is 1.56 bits per heavy atom. The van der Waals surface area contributed by atoms with E-state index in [2.05, 4.69) is 10.6 Å². The van der Waals surface area contributed by atoms with Crippen LogP contribution in [0.5, 0.6) is 11.5 Å². The second-order valence-electron chi connectivity index (χ2n) is 5.61. The van der Waals surface area contributed by atoms with Crippen molar-refractivity contribution >= 4 is 17.9 Å². The molecule has 2 aromatic carbocycles. The van der Waals surface area contributed by atoms with E-state index in [1.807, 2.05) is 31.2 Å². The van der Waals surface area contributed by atoms with Crippen LogP contribution in [0, 0.1) is 0 Å². The molecule has 0 saturated heterocycles. The second kappa shape index (κ2) is 10.7. The van der Waals surface area contributed by atoms with Gasteiger partial charge in [-0.3, -0.25) is 9.59 Å². The minimum absolute atomic E-state index is 0.197. The van der Waals surface area contributed by atoms with E-state index >= 15 is 0 Å². The van der Waals surface area contributed by atoms with E-state index < -0.39 is 0 Å². The predicted molar refractivity (Wildman–Crippen MR) is 105 cm³/mol. The Balaban J connectivity index is 1.69. The van der Waals surface area contributed by atoms with E-state index in [-0.39, 0.29) is 11.8 Å². The fourth-order valence-corrected chi connectivity index (χ4v) is 2.28. The first-order valence-corrected chi connectivity index (χ1v) is 8.73. The molecule has 0 spiro atoms. The lowest BCUT2D eigenvalue weighted by molar-refractivity contribution is -0.116. The van der Waals surface area contributed by atoms with Gasteiger partial charge in [0.25, 0.3) is 5.91 Å². The first kappa shape index (κ1) is 20.0. The lowest BCUT2D eigenvalue weighted by atomic mass is 10.2. The standard InChI is InChI=1S/C21H24N2O4/c1-3-27-19-9-4-16(5-10-19)6-13-20(24)22-14-15-23-21(25)17-7-11-18(26-2)12-8-17/h4-13H,3,14-15H2,1-2H3,(H,22,24)(H,23,25)/b13-6+. The van der Waals surface area contributed by atoms with Crippen LogP contribution in [0.15, 0.2) is 54.6 Å². The lowest BCUT2D eigenvalue weighted by Gasteiger charge is -2.06. The largest absolute Gasteiger partial charge is 0.497 e. The molecule has 2 N–H and O–H groups in total. The molecular formula is C21H24N2O4. The van der Waals surface area contributed by atoms with Crippen molar-refractivity contribution in [2.24, 2.45) is 0 Å². The SMILES string of the molecule is CCOc1ccc(/C=C/C(=O)NCCNC(=O)c2ccc(OC)cc2)cc1. The number of methoxy groups -OCH3 is 1. The minimum Gasteiger partial charge on any atom is -0.497 e. The third-order valence-corrected chi connectivity index (χ3v) is 3.68. The number of hydrogen-bond acceptors (Lipinski definition) is 4. The highest BCUT2D eigenvalue weighted by Gasteiger charge is 2.04. The van der Waals surface area contributed by atoms with Crippen molar-refractivity contribution in [3.05, 3.63) is 65.7 Å². The van der Waals surface area contributed by atoms with Crippen LogP contribution < -0.4 is 20.1 Å². The van der Waals surface area contributed by atoms with Gasteiger partial charge in [-0.25, -0.2) is 0 Å². The molecule has 6 nitrogen and oxygen atoms in total. The van der Waals surface area contributed by atoms with Crippen LogP contribution in [-0.4, -0.2) is 38.6 Å². The van der Waals surface area contributed by atoms with Crippen LogP contribution in [0.25, 0.3) is 6.08 Å². The van der Waals surface area contributed by atoms with Crippen LogP contribution in [0.4, 0.5) is 0 Å². The summed E-state index contributed by atoms with van der Waals surface area (Å²) < 4.78 is 10.4. The summed E-state index contributed by atoms with van der Waals surface area (Å²) in [5, 5.41) is 5.48. The van der Waals surface area contributed by atoms with E-state index in [9.17, 15) is 9.59 Å². The van der Waals surface area contributed by atoms with E-state index in [1.165, 1.54) is 6.08 Å². The highest BCUT2D eigenvalue weighted by Crippen LogP contribution is 2.13. The zero-order valence-electron chi connectivity index (χ0n) is 15.5. The lowest BCUT2D eigenvalue weighted by Crippen LogP contribution is -2.33. The normalized spacial score (nSPS) is 10.4. The number of amides is 2. The van der Waals surface area contributed by atoms with Crippen molar-refractivity contribution in [3.63, 3.8) is 0 Å². The monoisotopic (exact) mass is 368 g/mol. The average Bonchev–Trinajstić information content (AvgIpc) is 2.71. The molecule has 0 aliphatic carbocycles. The van der Waals surface area contributed by atoms with Crippen LogP contribution >= 0.6 is 0 Å². The molecule has 0 aliphatic heterocycles. The molecule has 2 rings (SSSR count). The Bertz CT molecular complexity index is 768. The van der Waals surface area contributed by atoms with Crippen molar-refractivity contribution < 1.29 is 19.1 Å². The van der Waals surface area contributed by atoms with Gasteiger partial charge < -0.3 is 20.1 Å². The van der Waals surface area contributed by atoms with Gasteiger partial charge in [0.05, 0.1) is 13.7 Å². The van der Waals surface area contributed by atoms with Crippen molar-refractivity contribution in [1.29, 1.82) is 0 Å². The Kier molecular flexibility index (Phi) is 7.91. The zero-order chi connectivity index (χ0) is 19.5. The molecule has 2 aromatic rings. The van der Waals surface area contributed by atoms with Crippen LogP contribution in [0.2, 0.25) is 0 Å². The van der Waals surface area contributed by atoms with Gasteiger partial charge in [0.15, 0.2) is 0 Å². The summed E-state index contributed by atoms with van der Waals surface area (Å²) >= 11 is 0. The van der Waals surface area contributed by atoms with Gasteiger partial charge in [-0.15, -0.1) is 0 Å². The number of nitrogens with one attached hydrogen (secondary N) is 2. The molecule has 0 fully saturated rings. The molecular weight excluding hydrogens is 344 g/mol. The predicted octanol–water partition coefficient (Wildman–Crippen LogP) is 2.65. The summed E-state index contributed by atoms with van der Waals surface area (Å²) in [4.78, 5) is 23.8. The quantitative estimate of drug-likeness (QED) is 0.527. The Hall–Kier alpha value is -3.28. The van der Waals surface area contributed by atoms with Gasteiger partial charge in [0, 0.05) is 24.7 Å². The van der Waals surface area contributed by atoms with Crippen molar-refractivity contribution in [2.45, 2.75) is 6.92 Å². The maximum absolute atomic E-state index is 12.0. The Labute approximate surface area is 159 Å². The van der Waals surface area contributed by atoms with Gasteiger partial charge in [-0.05, 0) is 55.0 Å². The Morgan fingerprint density at radius 1 is 0.926 bits per heavy atom. The molecule has 0 aromatic heterocycles. The fourth-order valence-electron chi connectivity index (χ4n) is 2.28. The number of rotatable bonds is 9. The average molecular weight is 368 g/mol. The third kappa shape index (κ3) is 6.86. The van der Waals surface area contributed by atoms with Gasteiger partial charge in [-0.1, -0.05) is 12.1 Å². The van der Waals surface area contributed by atoms with E-state index in [4.69, 9.17) is 9.47 Å². The molecule has 0 heterocycles. The molecule has 6 heteroatoms. The highest BCUT2D eigenvalue weighted by atomic mass is 16.5. The van der Waals surface area contributed by atoms with Gasteiger partial charge in [0.2, 0.25) is 5.91 Å². The molecule has 0 unspecified atom stereocenters. The van der Waals surface area contributed by atoms with Crippen molar-refractivity contribution in [1.82, 2.24) is 10.6 Å². The fraction of sp³-hybridized carbons (Fsp3) is 0.238. The topological polar surface area (TPSA) is 76.7 Å². The molecule has 0 aliphatic rings. The highest BCUT2D eigenvalue weighted by molar-refractivity contribution is 5.94. The summed E-state index contributed by atoms with van der Waals surface area (Å²) in [5.41, 5.74) is 1.44. The van der Waals surface area contributed by atoms with Crippen LogP contribution in [0.3, 0.4) is 0 Å². The molecule has 0 radical (unpaired) electrons. The van der Waals surface area contributed by atoms with E-state index in [1.54, 1.807) is 37.5 Å². The maximum Gasteiger partial charge on any atom is 0.251 e. The zero-order valence-corrected chi connectivity index (χ0v) is 15.5. The van der Waals surface area contributed by atoms with Crippen LogP contribution in [0.1, 0.15) is 22.8 Å². The van der Waals surface area contributed by atoms with E-state index in [0.29, 0.717) is 31.0 Å². The summed E-state index contributed by atoms with van der Waals surface area (Å²) in [6, 6.07) is 14.3. The number of carbonyl (C=O) groups excluding carboxylic acids is 2. The van der Waals surface area contributed by atoms with Gasteiger partial charge >= 0.3 is 0 Å². The van der Waals surface area contributed by atoms with Crippen LogP contribution in [-0.2, 0) is 4.79 Å². The van der Waals surface area contributed by atoms with Crippen molar-refractivity contribution in [2.75, 3.05) is 26.8 Å². The number of carbonyl (C=O) groups is 2.